The largest absolute Gasteiger partial charge is 2.00 e. The van der Waals surface area contributed by atoms with E-state index in [9.17, 15) is 17.6 Å². The third-order valence-corrected chi connectivity index (χ3v) is 6.43. The van der Waals surface area contributed by atoms with Crippen molar-refractivity contribution in [3.05, 3.63) is 180 Å². The van der Waals surface area contributed by atoms with Gasteiger partial charge in [0.15, 0.2) is 0 Å². The van der Waals surface area contributed by atoms with Gasteiger partial charge in [-0.15, -0.1) is 0 Å². The van der Waals surface area contributed by atoms with E-state index < -0.39 is 0 Å². The van der Waals surface area contributed by atoms with Crippen LogP contribution in [0.15, 0.2) is 122 Å². The second kappa shape index (κ2) is 18.3. The van der Waals surface area contributed by atoms with Crippen molar-refractivity contribution in [3.8, 4) is 0 Å². The Labute approximate surface area is 286 Å². The second-order valence-electron chi connectivity index (χ2n) is 9.81. The number of benzene rings is 4. The minimum absolute atomic E-state index is 0. The number of imidazole rings is 2. The van der Waals surface area contributed by atoms with Crippen molar-refractivity contribution in [3.63, 3.8) is 0 Å². The van der Waals surface area contributed by atoms with E-state index in [2.05, 4.69) is 12.7 Å². The van der Waals surface area contributed by atoms with Crippen molar-refractivity contribution in [1.82, 2.24) is 9.13 Å². The Bertz CT molecular complexity index is 1450. The van der Waals surface area contributed by atoms with Gasteiger partial charge >= 0.3 is 21.1 Å². The first-order valence-electron chi connectivity index (χ1n) is 13.3. The summed E-state index contributed by atoms with van der Waals surface area (Å²) in [5.41, 5.74) is 4.05. The van der Waals surface area contributed by atoms with E-state index in [0.717, 1.165) is 22.3 Å². The smallest absolute Gasteiger partial charge is 1.00 e. The molecule has 6 rings (SSSR count). The third kappa shape index (κ3) is 12.0. The molecule has 4 nitrogen and oxygen atoms in total. The minimum atomic E-state index is -0.235. The Morgan fingerprint density at radius 1 is 0.444 bits per heavy atom. The zero-order valence-corrected chi connectivity index (χ0v) is 27.5. The van der Waals surface area contributed by atoms with E-state index >= 15 is 0 Å². The summed E-state index contributed by atoms with van der Waals surface area (Å²) in [6.07, 6.45) is 14.0. The predicted octanol–water partition coefficient (Wildman–Crippen LogP) is -0.0933. The van der Waals surface area contributed by atoms with Crippen LogP contribution >= 0.6 is 0 Å². The standard InChI is InChI=1S/2C17H14F2N2.2ClH.Pt/c2*18-16-5-1-14(2-6-16)11-20-9-10-21(13-20)12-15-3-7-17(19)8-4-15;;;/h2*1-10H,11-12H2;2*1H;/q;;;;+2/p-2. The van der Waals surface area contributed by atoms with Gasteiger partial charge < -0.3 is 43.1 Å². The van der Waals surface area contributed by atoms with Crippen LogP contribution in [0, 0.1) is 35.9 Å². The molecule has 0 unspecified atom stereocenters. The van der Waals surface area contributed by atoms with Gasteiger partial charge in [-0.05, 0) is 95.6 Å². The SMILES string of the molecule is Fc1ccc(Cn2[c-][n+](Cc3ccc(F)cc3)cc2)cc1.Fc1ccc(Cn2[c-][n+](Cc3ccc(F)cc3)cc2)cc1.[Cl-].[Cl-].[Pt+2]. The topological polar surface area (TPSA) is 17.6 Å². The Morgan fingerprint density at radius 3 is 1.00 bits per heavy atom. The quantitative estimate of drug-likeness (QED) is 0.116. The van der Waals surface area contributed by atoms with Gasteiger partial charge in [0.1, 0.15) is 23.3 Å². The van der Waals surface area contributed by atoms with E-state index in [4.69, 9.17) is 0 Å². The summed E-state index contributed by atoms with van der Waals surface area (Å²) in [5.74, 6) is -0.938. The molecule has 0 saturated heterocycles. The summed E-state index contributed by atoms with van der Waals surface area (Å²) >= 11 is 0. The number of hydrogen-bond acceptors (Lipinski definition) is 0. The van der Waals surface area contributed by atoms with Crippen molar-refractivity contribution < 1.29 is 72.6 Å². The summed E-state index contributed by atoms with van der Waals surface area (Å²) < 4.78 is 59.0. The Morgan fingerprint density at radius 2 is 0.711 bits per heavy atom. The number of hydrogen-bond donors (Lipinski definition) is 0. The molecule has 0 bridgehead atoms. The van der Waals surface area contributed by atoms with Gasteiger partial charge in [-0.25, -0.2) is 17.6 Å². The summed E-state index contributed by atoms with van der Waals surface area (Å²) in [5, 5.41) is 0. The molecule has 2 aromatic heterocycles. The predicted molar refractivity (Wildman–Crippen MR) is 149 cm³/mol. The van der Waals surface area contributed by atoms with E-state index in [-0.39, 0.29) is 69.1 Å². The Hall–Kier alpha value is -3.71. The maximum Gasteiger partial charge on any atom is 2.00 e. The van der Waals surface area contributed by atoms with Crippen molar-refractivity contribution in [1.29, 1.82) is 0 Å². The molecule has 0 fully saturated rings. The van der Waals surface area contributed by atoms with Crippen LogP contribution in [0.3, 0.4) is 0 Å². The molecule has 6 aromatic rings. The van der Waals surface area contributed by atoms with E-state index in [1.807, 2.05) is 43.1 Å². The average Bonchev–Trinajstić information content (AvgIpc) is 3.63. The molecule has 0 aliphatic carbocycles. The summed E-state index contributed by atoms with van der Waals surface area (Å²) in [4.78, 5) is 0. The first-order chi connectivity index (χ1) is 20.4. The number of aromatic nitrogens is 4. The Kier molecular flexibility index (Phi) is 15.2. The third-order valence-electron chi connectivity index (χ3n) is 6.43. The van der Waals surface area contributed by atoms with Crippen LogP contribution in [0.4, 0.5) is 17.6 Å². The van der Waals surface area contributed by atoms with Crippen LogP contribution in [0.1, 0.15) is 22.3 Å². The van der Waals surface area contributed by atoms with Crippen LogP contribution in [0.2, 0.25) is 0 Å². The molecule has 0 radical (unpaired) electrons. The van der Waals surface area contributed by atoms with Gasteiger partial charge in [-0.2, -0.15) is 0 Å². The van der Waals surface area contributed by atoms with E-state index in [1.165, 1.54) is 48.5 Å². The first-order valence-corrected chi connectivity index (χ1v) is 13.3. The zero-order valence-electron chi connectivity index (χ0n) is 23.7. The fourth-order valence-electron chi connectivity index (χ4n) is 4.28. The summed E-state index contributed by atoms with van der Waals surface area (Å²) in [6.45, 7) is 2.54. The maximum absolute atomic E-state index is 12.9. The molecule has 236 valence electrons. The van der Waals surface area contributed by atoms with E-state index in [1.54, 1.807) is 48.5 Å². The normalized spacial score (nSPS) is 10.0. The maximum atomic E-state index is 12.9. The number of halogens is 6. The molecule has 11 heteroatoms. The van der Waals surface area contributed by atoms with Crippen LogP contribution in [-0.2, 0) is 47.2 Å². The van der Waals surface area contributed by atoms with Gasteiger partial charge in [0.05, 0.1) is 26.2 Å². The first kappa shape index (κ1) is 37.5. The van der Waals surface area contributed by atoms with Crippen molar-refractivity contribution in [2.24, 2.45) is 0 Å². The average molecular weight is 835 g/mol. The summed E-state index contributed by atoms with van der Waals surface area (Å²) in [6, 6.07) is 25.7. The van der Waals surface area contributed by atoms with Gasteiger partial charge in [-0.1, -0.05) is 48.5 Å². The molecule has 0 N–H and O–H groups in total. The second-order valence-corrected chi connectivity index (χ2v) is 9.81. The van der Waals surface area contributed by atoms with Crippen LogP contribution in [-0.4, -0.2) is 9.13 Å². The van der Waals surface area contributed by atoms with Crippen LogP contribution in [0.5, 0.6) is 0 Å². The molecule has 45 heavy (non-hydrogen) atoms. The molecule has 0 amide bonds. The molecule has 0 spiro atoms. The molecule has 0 atom stereocenters. The van der Waals surface area contributed by atoms with Crippen molar-refractivity contribution in [2.45, 2.75) is 26.2 Å². The molecule has 0 saturated carbocycles. The molecule has 0 aliphatic rings. The molecular weight excluding hydrogens is 806 g/mol. The molecule has 0 aliphatic heterocycles. The van der Waals surface area contributed by atoms with Gasteiger partial charge in [0.2, 0.25) is 12.7 Å². The summed E-state index contributed by atoms with van der Waals surface area (Å²) in [7, 11) is 0. The van der Waals surface area contributed by atoms with Gasteiger partial charge in [0, 0.05) is 0 Å². The van der Waals surface area contributed by atoms with E-state index in [0.29, 0.717) is 26.2 Å². The van der Waals surface area contributed by atoms with Gasteiger partial charge in [-0.3, -0.25) is 0 Å². The van der Waals surface area contributed by atoms with Crippen LogP contribution in [0.25, 0.3) is 0 Å². The van der Waals surface area contributed by atoms with Crippen LogP contribution < -0.4 is 33.9 Å². The minimum Gasteiger partial charge on any atom is -1.00 e. The molecular formula is C34H28Cl2F4N4Pt. The fourth-order valence-corrected chi connectivity index (χ4v) is 4.28. The fraction of sp³-hybridized carbons (Fsp3) is 0.118. The molecule has 2 heterocycles. The Balaban J connectivity index is 0.000000294. The van der Waals surface area contributed by atoms with Crippen molar-refractivity contribution >= 4 is 0 Å². The number of rotatable bonds is 8. The zero-order chi connectivity index (χ0) is 29.3. The monoisotopic (exact) mass is 833 g/mol. The molecule has 4 aromatic carbocycles. The van der Waals surface area contributed by atoms with Crippen molar-refractivity contribution in [2.75, 3.05) is 0 Å². The number of nitrogens with zero attached hydrogens (tertiary/aromatic N) is 4. The van der Waals surface area contributed by atoms with Gasteiger partial charge in [0.25, 0.3) is 0 Å².